The van der Waals surface area contributed by atoms with Crippen molar-refractivity contribution in [3.05, 3.63) is 0 Å². The monoisotopic (exact) mass is 146 g/mol. The van der Waals surface area contributed by atoms with E-state index in [0.29, 0.717) is 0 Å². The van der Waals surface area contributed by atoms with Crippen molar-refractivity contribution in [3.63, 3.8) is 0 Å². The van der Waals surface area contributed by atoms with E-state index >= 15 is 0 Å². The minimum Gasteiger partial charge on any atom is -0.388 e. The van der Waals surface area contributed by atoms with E-state index in [4.69, 9.17) is 19.7 Å². The molecule has 2 rings (SSSR count). The van der Waals surface area contributed by atoms with Crippen LogP contribution in [-0.4, -0.2) is 47.8 Å². The Bertz CT molecular complexity index is 122. The van der Waals surface area contributed by atoms with Crippen LogP contribution in [0.25, 0.3) is 0 Å². The van der Waals surface area contributed by atoms with Crippen LogP contribution in [0, 0.1) is 0 Å². The van der Waals surface area contributed by atoms with E-state index in [0.717, 1.165) is 0 Å². The second kappa shape index (κ2) is 2.17. The van der Waals surface area contributed by atoms with E-state index in [9.17, 15) is 0 Å². The van der Waals surface area contributed by atoms with Gasteiger partial charge in [-0.25, -0.2) is 0 Å². The first-order chi connectivity index (χ1) is 4.79. The summed E-state index contributed by atoms with van der Waals surface area (Å²) in [4.78, 5) is 0. The first-order valence-corrected chi connectivity index (χ1v) is 3.38. The lowest BCUT2D eigenvalue weighted by Crippen LogP contribution is -2.30. The predicted octanol–water partition coefficient (Wildman–Crippen LogP) is -1.49. The maximum absolute atomic E-state index is 9.16. The Hall–Kier alpha value is -0.160. The molecule has 0 aromatic heterocycles. The Kier molecular flexibility index (Phi) is 1.42. The van der Waals surface area contributed by atoms with Crippen LogP contribution < -0.4 is 0 Å². The van der Waals surface area contributed by atoms with Crippen molar-refractivity contribution in [2.75, 3.05) is 13.2 Å². The van der Waals surface area contributed by atoms with Crippen molar-refractivity contribution in [3.8, 4) is 0 Å². The molecule has 2 aliphatic rings. The molecule has 0 saturated carbocycles. The predicted molar refractivity (Wildman–Crippen MR) is 31.5 cm³/mol. The molecule has 2 aliphatic heterocycles. The highest BCUT2D eigenvalue weighted by atomic mass is 16.6. The Labute approximate surface area is 58.4 Å². The molecule has 0 spiro atoms. The Morgan fingerprint density at radius 2 is 1.30 bits per heavy atom. The molecule has 2 N–H and O–H groups in total. The molecule has 2 heterocycles. The summed E-state index contributed by atoms with van der Waals surface area (Å²) in [5.74, 6) is 0. The molecule has 2 fully saturated rings. The Morgan fingerprint density at radius 3 is 1.70 bits per heavy atom. The topological polar surface area (TPSA) is 58.9 Å². The van der Waals surface area contributed by atoms with Crippen LogP contribution >= 0.6 is 0 Å². The van der Waals surface area contributed by atoms with Gasteiger partial charge in [-0.15, -0.1) is 0 Å². The minimum absolute atomic E-state index is 0.284. The van der Waals surface area contributed by atoms with Crippen molar-refractivity contribution < 1.29 is 19.7 Å². The van der Waals surface area contributed by atoms with Crippen LogP contribution in [0.4, 0.5) is 0 Å². The van der Waals surface area contributed by atoms with Crippen molar-refractivity contribution in [1.29, 1.82) is 0 Å². The number of aliphatic hydroxyl groups is 2. The van der Waals surface area contributed by atoms with Crippen LogP contribution in [0.5, 0.6) is 0 Å². The van der Waals surface area contributed by atoms with E-state index in [2.05, 4.69) is 0 Å². The third kappa shape index (κ3) is 0.769. The highest BCUT2D eigenvalue weighted by Crippen LogP contribution is 2.26. The number of rotatable bonds is 0. The smallest absolute Gasteiger partial charge is 0.114 e. The summed E-state index contributed by atoms with van der Waals surface area (Å²) in [6, 6.07) is 0. The van der Waals surface area contributed by atoms with Gasteiger partial charge >= 0.3 is 0 Å². The summed E-state index contributed by atoms with van der Waals surface area (Å²) in [6.07, 6.45) is -1.70. The first kappa shape index (κ1) is 6.54. The number of ether oxygens (including phenoxy) is 2. The fourth-order valence-corrected chi connectivity index (χ4v) is 1.46. The zero-order valence-electron chi connectivity index (χ0n) is 5.43. The van der Waals surface area contributed by atoms with Gasteiger partial charge in [-0.3, -0.25) is 0 Å². The van der Waals surface area contributed by atoms with Gasteiger partial charge in [-0.1, -0.05) is 0 Å². The van der Waals surface area contributed by atoms with E-state index < -0.39 is 12.2 Å². The molecular weight excluding hydrogens is 136 g/mol. The van der Waals surface area contributed by atoms with Gasteiger partial charge in [0.1, 0.15) is 24.4 Å². The first-order valence-electron chi connectivity index (χ1n) is 3.38. The number of aliphatic hydroxyl groups excluding tert-OH is 2. The van der Waals surface area contributed by atoms with Gasteiger partial charge in [-0.05, 0) is 0 Å². The van der Waals surface area contributed by atoms with E-state index in [1.807, 2.05) is 0 Å². The van der Waals surface area contributed by atoms with Crippen molar-refractivity contribution >= 4 is 0 Å². The molecule has 2 saturated heterocycles. The summed E-state index contributed by atoms with van der Waals surface area (Å²) >= 11 is 0. The number of fused-ring (bicyclic) bond motifs is 1. The lowest BCUT2D eigenvalue weighted by atomic mass is 10.1. The molecule has 10 heavy (non-hydrogen) atoms. The van der Waals surface area contributed by atoms with Crippen LogP contribution in [-0.2, 0) is 9.47 Å². The third-order valence-electron chi connectivity index (χ3n) is 2.00. The average Bonchev–Trinajstić information content (AvgIpc) is 2.41. The van der Waals surface area contributed by atoms with Crippen molar-refractivity contribution in [2.45, 2.75) is 24.4 Å². The van der Waals surface area contributed by atoms with Gasteiger partial charge < -0.3 is 19.7 Å². The molecule has 4 nitrogen and oxygen atoms in total. The fraction of sp³-hybridized carbons (Fsp3) is 1.00. The van der Waals surface area contributed by atoms with Gasteiger partial charge in [0.2, 0.25) is 0 Å². The van der Waals surface area contributed by atoms with Gasteiger partial charge in [0.05, 0.1) is 13.2 Å². The largest absolute Gasteiger partial charge is 0.388 e. The molecule has 58 valence electrons. The molecular formula is C6H10O4. The normalized spacial score (nSPS) is 53.4. The zero-order valence-corrected chi connectivity index (χ0v) is 5.43. The molecule has 0 aromatic carbocycles. The van der Waals surface area contributed by atoms with E-state index in [-0.39, 0.29) is 25.4 Å². The molecule has 0 aromatic rings. The third-order valence-corrected chi connectivity index (χ3v) is 2.00. The standard InChI is InChI=1S/C6H10O4/c7-3-1-9-6-4(8)2-10-5(3)6/h3-8H,1-2H2/t3-,4-,5-,6+/m0/s1. The van der Waals surface area contributed by atoms with Crippen LogP contribution in [0.15, 0.2) is 0 Å². The zero-order chi connectivity index (χ0) is 7.14. The van der Waals surface area contributed by atoms with Crippen LogP contribution in [0.3, 0.4) is 0 Å². The molecule has 0 radical (unpaired) electrons. The van der Waals surface area contributed by atoms with Gasteiger partial charge in [-0.2, -0.15) is 0 Å². The summed E-state index contributed by atoms with van der Waals surface area (Å²) in [5.41, 5.74) is 0. The molecule has 0 bridgehead atoms. The molecule has 0 aliphatic carbocycles. The van der Waals surface area contributed by atoms with Crippen LogP contribution in [0.1, 0.15) is 0 Å². The second-order valence-corrected chi connectivity index (χ2v) is 2.73. The summed E-state index contributed by atoms with van der Waals surface area (Å²) in [5, 5.41) is 18.3. The molecule has 4 heteroatoms. The summed E-state index contributed by atoms with van der Waals surface area (Å²) in [6.45, 7) is 0.568. The van der Waals surface area contributed by atoms with Crippen molar-refractivity contribution in [1.82, 2.24) is 0 Å². The molecule has 4 atom stereocenters. The number of hydrogen-bond donors (Lipinski definition) is 2. The molecule has 0 amide bonds. The summed E-state index contributed by atoms with van der Waals surface area (Å²) < 4.78 is 10.2. The summed E-state index contributed by atoms with van der Waals surface area (Å²) in [7, 11) is 0. The maximum atomic E-state index is 9.16. The Balaban J connectivity index is 2.09. The van der Waals surface area contributed by atoms with Gasteiger partial charge in [0.15, 0.2) is 0 Å². The van der Waals surface area contributed by atoms with Gasteiger partial charge in [0, 0.05) is 0 Å². The highest BCUT2D eigenvalue weighted by Gasteiger charge is 2.46. The highest BCUT2D eigenvalue weighted by molar-refractivity contribution is 4.93. The fourth-order valence-electron chi connectivity index (χ4n) is 1.46. The Morgan fingerprint density at radius 1 is 0.900 bits per heavy atom. The van der Waals surface area contributed by atoms with Gasteiger partial charge in [0.25, 0.3) is 0 Å². The maximum Gasteiger partial charge on any atom is 0.114 e. The quantitative estimate of drug-likeness (QED) is 0.437. The minimum atomic E-state index is -0.554. The number of hydrogen-bond acceptors (Lipinski definition) is 4. The lowest BCUT2D eigenvalue weighted by Gasteiger charge is -2.09. The SMILES string of the molecule is O[C@H]1CO[C@H]2[C@H]1OC[C@@H]2O. The second-order valence-electron chi connectivity index (χ2n) is 2.73. The van der Waals surface area contributed by atoms with E-state index in [1.54, 1.807) is 0 Å². The van der Waals surface area contributed by atoms with Crippen molar-refractivity contribution in [2.24, 2.45) is 0 Å². The lowest BCUT2D eigenvalue weighted by molar-refractivity contribution is 0.00205. The van der Waals surface area contributed by atoms with E-state index in [1.165, 1.54) is 0 Å². The van der Waals surface area contributed by atoms with Crippen LogP contribution in [0.2, 0.25) is 0 Å². The molecule has 0 unspecified atom stereocenters. The average molecular weight is 146 g/mol.